The molecule has 1 fully saturated rings. The molecular formula is C32H38N8O2. The molecule has 5 rings (SSSR count). The Kier molecular flexibility index (Phi) is 8.71. The van der Waals surface area contributed by atoms with Crippen LogP contribution in [-0.4, -0.2) is 73.1 Å². The minimum Gasteiger partial charge on any atom is -0.367 e. The number of piperazine rings is 1. The summed E-state index contributed by atoms with van der Waals surface area (Å²) < 4.78 is 0. The van der Waals surface area contributed by atoms with Crippen LogP contribution in [0.25, 0.3) is 10.8 Å². The molecule has 1 saturated heterocycles. The average Bonchev–Trinajstić information content (AvgIpc) is 3.02. The van der Waals surface area contributed by atoms with E-state index < -0.39 is 0 Å². The number of amides is 2. The van der Waals surface area contributed by atoms with E-state index >= 15 is 0 Å². The standard InChI is InChI=1S/C32H38N8O2/c1-3-30(41)40-15-14-39(19-24(40)10-12-33)29-16-26(32(42)36-23(17-34)18-35)37-27-20-38(13-11-25(27)29)28-9-5-8-22-7-4-6-21(2)31(22)28/h3-9,16,23-24H,1,10-11,13-15,17-20,34-35H2,2H3,(H,36,42)/t24-/m0/s1. The molecule has 10 heteroatoms. The van der Waals surface area contributed by atoms with Crippen LogP contribution in [-0.2, 0) is 17.8 Å². The van der Waals surface area contributed by atoms with Gasteiger partial charge in [-0.25, -0.2) is 4.98 Å². The van der Waals surface area contributed by atoms with E-state index in [2.05, 4.69) is 71.1 Å². The first kappa shape index (κ1) is 29.0. The Morgan fingerprint density at radius 3 is 2.62 bits per heavy atom. The van der Waals surface area contributed by atoms with Crippen LogP contribution < -0.4 is 26.6 Å². The van der Waals surface area contributed by atoms with Gasteiger partial charge in [0.25, 0.3) is 5.91 Å². The van der Waals surface area contributed by atoms with Crippen molar-refractivity contribution < 1.29 is 9.59 Å². The third-order valence-corrected chi connectivity index (χ3v) is 8.34. The van der Waals surface area contributed by atoms with Gasteiger partial charge in [0.15, 0.2) is 0 Å². The van der Waals surface area contributed by atoms with Crippen LogP contribution in [0.2, 0.25) is 0 Å². The molecule has 10 nitrogen and oxygen atoms in total. The number of aromatic nitrogens is 1. The number of carbonyl (C=O) groups excluding carboxylic acids is 2. The predicted molar refractivity (Wildman–Crippen MR) is 165 cm³/mol. The molecule has 2 aliphatic rings. The van der Waals surface area contributed by atoms with E-state index in [1.54, 1.807) is 4.90 Å². The molecule has 0 spiro atoms. The summed E-state index contributed by atoms with van der Waals surface area (Å²) in [6.07, 6.45) is 2.25. The number of nitrogens with zero attached hydrogens (tertiary/aromatic N) is 5. The van der Waals surface area contributed by atoms with Crippen molar-refractivity contribution in [1.82, 2.24) is 15.2 Å². The number of nitriles is 1. The van der Waals surface area contributed by atoms with Gasteiger partial charge in [-0.1, -0.05) is 36.9 Å². The van der Waals surface area contributed by atoms with Crippen LogP contribution in [0.1, 0.15) is 33.7 Å². The maximum Gasteiger partial charge on any atom is 0.270 e. The summed E-state index contributed by atoms with van der Waals surface area (Å²) in [6, 6.07) is 16.1. The van der Waals surface area contributed by atoms with Crippen LogP contribution in [0.4, 0.5) is 11.4 Å². The zero-order valence-corrected chi connectivity index (χ0v) is 24.1. The second kappa shape index (κ2) is 12.6. The van der Waals surface area contributed by atoms with Gasteiger partial charge in [-0.05, 0) is 42.5 Å². The molecule has 2 aliphatic heterocycles. The van der Waals surface area contributed by atoms with E-state index in [4.69, 9.17) is 16.5 Å². The molecule has 0 aliphatic carbocycles. The van der Waals surface area contributed by atoms with Crippen molar-refractivity contribution >= 4 is 34.0 Å². The van der Waals surface area contributed by atoms with Gasteiger partial charge in [0, 0.05) is 61.6 Å². The van der Waals surface area contributed by atoms with Gasteiger partial charge in [-0.15, -0.1) is 0 Å². The first-order valence-electron chi connectivity index (χ1n) is 14.4. The molecule has 1 aromatic heterocycles. The zero-order chi connectivity index (χ0) is 29.8. The van der Waals surface area contributed by atoms with E-state index in [9.17, 15) is 14.9 Å². The molecule has 0 radical (unpaired) electrons. The van der Waals surface area contributed by atoms with Crippen LogP contribution in [0.15, 0.2) is 55.1 Å². The maximum atomic E-state index is 13.4. The number of nitrogens with one attached hydrogen (secondary N) is 1. The van der Waals surface area contributed by atoms with Crippen molar-refractivity contribution in [2.24, 2.45) is 11.5 Å². The fourth-order valence-corrected chi connectivity index (χ4v) is 6.13. The molecule has 3 heterocycles. The normalized spacial score (nSPS) is 16.7. The lowest BCUT2D eigenvalue weighted by atomic mass is 9.97. The first-order chi connectivity index (χ1) is 20.4. The van der Waals surface area contributed by atoms with Crippen molar-refractivity contribution in [3.05, 3.63) is 77.6 Å². The lowest BCUT2D eigenvalue weighted by Crippen LogP contribution is -2.55. The van der Waals surface area contributed by atoms with Gasteiger partial charge in [0.05, 0.1) is 36.8 Å². The molecular weight excluding hydrogens is 528 g/mol. The largest absolute Gasteiger partial charge is 0.367 e. The highest BCUT2D eigenvalue weighted by molar-refractivity contribution is 5.97. The molecule has 2 amide bonds. The highest BCUT2D eigenvalue weighted by Crippen LogP contribution is 2.36. The number of fused-ring (bicyclic) bond motifs is 2. The van der Waals surface area contributed by atoms with Crippen molar-refractivity contribution in [3.8, 4) is 6.07 Å². The van der Waals surface area contributed by atoms with Gasteiger partial charge < -0.3 is 31.5 Å². The van der Waals surface area contributed by atoms with Crippen LogP contribution >= 0.6 is 0 Å². The Balaban J connectivity index is 1.54. The summed E-state index contributed by atoms with van der Waals surface area (Å²) in [5.74, 6) is -0.505. The van der Waals surface area contributed by atoms with Gasteiger partial charge in [-0.2, -0.15) is 5.26 Å². The molecule has 2 aromatic carbocycles. The van der Waals surface area contributed by atoms with E-state index in [1.165, 1.54) is 22.4 Å². The minimum absolute atomic E-state index is 0.178. The number of anilines is 2. The monoisotopic (exact) mass is 566 g/mol. The van der Waals surface area contributed by atoms with Crippen LogP contribution in [0.5, 0.6) is 0 Å². The number of carbonyl (C=O) groups is 2. The fourth-order valence-electron chi connectivity index (χ4n) is 6.13. The molecule has 42 heavy (non-hydrogen) atoms. The SMILES string of the molecule is C=CC(=O)N1CCN(c2cc(C(=O)NC(CN)CN)nc3c2CCN(c2cccc4cccc(C)c24)C3)C[C@@H]1CC#N. The number of aryl methyl sites for hydroxylation is 1. The number of benzene rings is 2. The quantitative estimate of drug-likeness (QED) is 0.352. The maximum absolute atomic E-state index is 13.4. The fraction of sp³-hybridized carbons (Fsp3) is 0.375. The summed E-state index contributed by atoms with van der Waals surface area (Å²) in [5.41, 5.74) is 17.1. The number of hydrogen-bond acceptors (Lipinski definition) is 8. The Morgan fingerprint density at radius 2 is 1.90 bits per heavy atom. The molecule has 1 atom stereocenters. The second-order valence-electron chi connectivity index (χ2n) is 10.9. The lowest BCUT2D eigenvalue weighted by Gasteiger charge is -2.43. The molecule has 0 saturated carbocycles. The highest BCUT2D eigenvalue weighted by atomic mass is 16.2. The summed E-state index contributed by atoms with van der Waals surface area (Å²) in [6.45, 7) is 9.05. The summed E-state index contributed by atoms with van der Waals surface area (Å²) in [5, 5.41) is 14.8. The van der Waals surface area contributed by atoms with Gasteiger partial charge in [-0.3, -0.25) is 9.59 Å². The smallest absolute Gasteiger partial charge is 0.270 e. The molecule has 3 aromatic rings. The third kappa shape index (κ3) is 5.66. The van der Waals surface area contributed by atoms with Crippen molar-refractivity contribution in [2.45, 2.75) is 38.4 Å². The first-order valence-corrected chi connectivity index (χ1v) is 14.4. The zero-order valence-electron chi connectivity index (χ0n) is 24.1. The Labute approximate surface area is 246 Å². The minimum atomic E-state index is -0.359. The van der Waals surface area contributed by atoms with Gasteiger partial charge in [0.1, 0.15) is 5.69 Å². The Bertz CT molecular complexity index is 1540. The molecule has 5 N–H and O–H groups in total. The number of hydrogen-bond donors (Lipinski definition) is 3. The van der Waals surface area contributed by atoms with E-state index in [0.29, 0.717) is 31.9 Å². The summed E-state index contributed by atoms with van der Waals surface area (Å²) in [7, 11) is 0. The van der Waals surface area contributed by atoms with E-state index in [0.717, 1.165) is 35.6 Å². The molecule has 218 valence electrons. The average molecular weight is 567 g/mol. The topological polar surface area (TPSA) is 145 Å². The van der Waals surface area contributed by atoms with Crippen LogP contribution in [0, 0.1) is 18.3 Å². The Hall–Kier alpha value is -4.46. The third-order valence-electron chi connectivity index (χ3n) is 8.34. The lowest BCUT2D eigenvalue weighted by molar-refractivity contribution is -0.128. The Morgan fingerprint density at radius 1 is 1.14 bits per heavy atom. The number of pyridine rings is 1. The molecule has 0 unspecified atom stereocenters. The summed E-state index contributed by atoms with van der Waals surface area (Å²) >= 11 is 0. The van der Waals surface area contributed by atoms with Crippen molar-refractivity contribution in [1.29, 1.82) is 5.26 Å². The van der Waals surface area contributed by atoms with Gasteiger partial charge in [0.2, 0.25) is 5.91 Å². The highest BCUT2D eigenvalue weighted by Gasteiger charge is 2.33. The number of rotatable bonds is 8. The van der Waals surface area contributed by atoms with Crippen molar-refractivity contribution in [3.63, 3.8) is 0 Å². The second-order valence-corrected chi connectivity index (χ2v) is 10.9. The molecule has 0 bridgehead atoms. The van der Waals surface area contributed by atoms with Crippen LogP contribution in [0.3, 0.4) is 0 Å². The predicted octanol–water partition coefficient (Wildman–Crippen LogP) is 2.24. The van der Waals surface area contributed by atoms with Crippen molar-refractivity contribution in [2.75, 3.05) is 49.1 Å². The van der Waals surface area contributed by atoms with E-state index in [-0.39, 0.29) is 43.4 Å². The number of nitrogens with two attached hydrogens (primary N) is 2. The van der Waals surface area contributed by atoms with E-state index in [1.807, 2.05) is 6.07 Å². The summed E-state index contributed by atoms with van der Waals surface area (Å²) in [4.78, 5) is 37.0. The van der Waals surface area contributed by atoms with Gasteiger partial charge >= 0.3 is 0 Å².